The molecule has 0 bridgehead atoms. The van der Waals surface area contributed by atoms with Crippen LogP contribution in [0.3, 0.4) is 0 Å². The summed E-state index contributed by atoms with van der Waals surface area (Å²) >= 11 is 0. The Morgan fingerprint density at radius 2 is 1.56 bits per heavy atom. The van der Waals surface area contributed by atoms with E-state index in [4.69, 9.17) is 9.97 Å². The lowest BCUT2D eigenvalue weighted by Crippen LogP contribution is -2.54. The average molecular weight is 486 g/mol. The summed E-state index contributed by atoms with van der Waals surface area (Å²) in [4.78, 5) is 9.89. The first-order valence-corrected chi connectivity index (χ1v) is 15.2. The molecule has 6 aromatic rings. The van der Waals surface area contributed by atoms with Crippen LogP contribution in [0, 0.1) is 6.92 Å². The molecule has 4 nitrogen and oxygen atoms in total. The molecule has 3 aromatic carbocycles. The van der Waals surface area contributed by atoms with Gasteiger partial charge in [-0.15, -0.1) is 0 Å². The molecule has 0 fully saturated rings. The number of nitrogens with zero attached hydrogens (tertiary/aromatic N) is 3. The van der Waals surface area contributed by atoms with E-state index in [9.17, 15) is 5.11 Å². The van der Waals surface area contributed by atoms with E-state index in [0.717, 1.165) is 38.9 Å². The lowest BCUT2D eigenvalue weighted by molar-refractivity contribution is 0.473. The summed E-state index contributed by atoms with van der Waals surface area (Å²) in [5.41, 5.74) is 5.80. The molecular formula is C31H27N3OSi. The number of para-hydroxylation sites is 3. The molecule has 0 saturated heterocycles. The fourth-order valence-corrected chi connectivity index (χ4v) is 7.38. The van der Waals surface area contributed by atoms with Gasteiger partial charge in [0.2, 0.25) is 0 Å². The highest BCUT2D eigenvalue weighted by molar-refractivity contribution is 7.00. The quantitative estimate of drug-likeness (QED) is 0.308. The maximum absolute atomic E-state index is 10.7. The van der Waals surface area contributed by atoms with Gasteiger partial charge in [0.15, 0.2) is 0 Å². The van der Waals surface area contributed by atoms with E-state index < -0.39 is 8.07 Å². The van der Waals surface area contributed by atoms with Crippen molar-refractivity contribution in [3.8, 4) is 22.7 Å². The summed E-state index contributed by atoms with van der Waals surface area (Å²) in [7, 11) is -1.98. The van der Waals surface area contributed by atoms with Crippen molar-refractivity contribution in [2.45, 2.75) is 20.0 Å². The smallest absolute Gasteiger partial charge is 0.146 e. The number of aromatic hydroxyl groups is 1. The zero-order chi connectivity index (χ0) is 24.9. The van der Waals surface area contributed by atoms with Crippen LogP contribution in [0.2, 0.25) is 13.1 Å². The summed E-state index contributed by atoms with van der Waals surface area (Å²) in [5.74, 6) is 0.230. The monoisotopic (exact) mass is 485 g/mol. The molecule has 0 amide bonds. The highest BCUT2D eigenvalue weighted by Gasteiger charge is 2.28. The summed E-state index contributed by atoms with van der Waals surface area (Å²) in [6.07, 6.45) is 1.88. The van der Waals surface area contributed by atoms with Crippen LogP contribution in [0.1, 0.15) is 5.56 Å². The minimum atomic E-state index is -1.98. The van der Waals surface area contributed by atoms with Gasteiger partial charge in [-0.1, -0.05) is 72.4 Å². The van der Waals surface area contributed by atoms with Crippen LogP contribution in [0.4, 0.5) is 0 Å². The average Bonchev–Trinajstić information content (AvgIpc) is 3.23. The van der Waals surface area contributed by atoms with E-state index in [2.05, 4.69) is 79.2 Å². The van der Waals surface area contributed by atoms with Crippen molar-refractivity contribution < 1.29 is 5.11 Å². The number of rotatable bonds is 4. The number of aromatic nitrogens is 3. The Hall–Kier alpha value is -4.22. The van der Waals surface area contributed by atoms with Gasteiger partial charge < -0.3 is 5.11 Å². The number of fused-ring (bicyclic) bond motifs is 3. The van der Waals surface area contributed by atoms with E-state index >= 15 is 0 Å². The molecule has 36 heavy (non-hydrogen) atoms. The van der Waals surface area contributed by atoms with Gasteiger partial charge in [0, 0.05) is 27.8 Å². The number of benzene rings is 3. The first kappa shape index (κ1) is 22.3. The number of aryl methyl sites for hydroxylation is 1. The second kappa shape index (κ2) is 8.47. The van der Waals surface area contributed by atoms with Crippen molar-refractivity contribution in [2.75, 3.05) is 0 Å². The number of phenolic OH excluding ortho intramolecular Hbond substituents is 1. The maximum atomic E-state index is 10.7. The SMILES string of the molecule is Cc1cc(-c2ccc3c4ccccc4n(-c4ccccc4O)c3n2)cc([Si](C)(C)c2ccccn2)c1. The predicted molar refractivity (Wildman–Crippen MR) is 151 cm³/mol. The lowest BCUT2D eigenvalue weighted by Gasteiger charge is -2.23. The van der Waals surface area contributed by atoms with Gasteiger partial charge in [0.05, 0.1) is 16.9 Å². The molecule has 0 aliphatic carbocycles. The Bertz CT molecular complexity index is 1740. The topological polar surface area (TPSA) is 50.9 Å². The summed E-state index contributed by atoms with van der Waals surface area (Å²) in [6.45, 7) is 6.84. The molecule has 176 valence electrons. The molecule has 5 heteroatoms. The van der Waals surface area contributed by atoms with Crippen molar-refractivity contribution in [2.24, 2.45) is 0 Å². The van der Waals surface area contributed by atoms with Crippen molar-refractivity contribution in [3.05, 3.63) is 109 Å². The summed E-state index contributed by atoms with van der Waals surface area (Å²) in [5, 5.41) is 15.4. The Balaban J connectivity index is 1.57. The highest BCUT2D eigenvalue weighted by atomic mass is 28.3. The fourth-order valence-electron chi connectivity index (χ4n) is 5.07. The van der Waals surface area contributed by atoms with Crippen LogP contribution in [0.5, 0.6) is 5.75 Å². The fraction of sp³-hybridized carbons (Fsp3) is 0.0968. The third-order valence-electron chi connectivity index (χ3n) is 7.04. The van der Waals surface area contributed by atoms with E-state index in [1.165, 1.54) is 16.1 Å². The van der Waals surface area contributed by atoms with Crippen molar-refractivity contribution in [1.29, 1.82) is 0 Å². The number of pyridine rings is 2. The molecule has 1 N–H and O–H groups in total. The van der Waals surface area contributed by atoms with Crippen molar-refractivity contribution in [3.63, 3.8) is 0 Å². The molecule has 0 aliphatic rings. The van der Waals surface area contributed by atoms with Gasteiger partial charge in [-0.2, -0.15) is 0 Å². The molecule has 3 heterocycles. The normalized spacial score (nSPS) is 11.9. The largest absolute Gasteiger partial charge is 0.506 e. The Morgan fingerprint density at radius 1 is 0.778 bits per heavy atom. The minimum absolute atomic E-state index is 0.230. The first-order chi connectivity index (χ1) is 17.4. The van der Waals surface area contributed by atoms with E-state index in [0.29, 0.717) is 0 Å². The molecular weight excluding hydrogens is 458 g/mol. The maximum Gasteiger partial charge on any atom is 0.146 e. The molecule has 0 radical (unpaired) electrons. The number of hydrogen-bond acceptors (Lipinski definition) is 3. The third kappa shape index (κ3) is 3.60. The molecule has 0 atom stereocenters. The number of phenols is 1. The van der Waals surface area contributed by atoms with Gasteiger partial charge in [0.1, 0.15) is 19.5 Å². The lowest BCUT2D eigenvalue weighted by atomic mass is 10.1. The van der Waals surface area contributed by atoms with Crippen LogP contribution >= 0.6 is 0 Å². The zero-order valence-corrected chi connectivity index (χ0v) is 21.6. The predicted octanol–water partition coefficient (Wildman–Crippen LogP) is 6.08. The van der Waals surface area contributed by atoms with E-state index in [-0.39, 0.29) is 5.75 Å². The van der Waals surface area contributed by atoms with Crippen molar-refractivity contribution >= 4 is 40.5 Å². The summed E-state index contributed by atoms with van der Waals surface area (Å²) in [6, 6.07) is 32.9. The van der Waals surface area contributed by atoms with Crippen LogP contribution in [0.15, 0.2) is 103 Å². The molecule has 0 spiro atoms. The van der Waals surface area contributed by atoms with Gasteiger partial charge >= 0.3 is 0 Å². The molecule has 3 aromatic heterocycles. The highest BCUT2D eigenvalue weighted by Crippen LogP contribution is 2.35. The Kier molecular flexibility index (Phi) is 5.23. The second-order valence-corrected chi connectivity index (χ2v) is 14.2. The minimum Gasteiger partial charge on any atom is -0.506 e. The van der Waals surface area contributed by atoms with Gasteiger partial charge in [0.25, 0.3) is 0 Å². The Morgan fingerprint density at radius 3 is 2.36 bits per heavy atom. The number of hydrogen-bond donors (Lipinski definition) is 1. The molecule has 0 aliphatic heterocycles. The van der Waals surface area contributed by atoms with Crippen LogP contribution < -0.4 is 10.5 Å². The first-order valence-electron chi connectivity index (χ1n) is 12.2. The van der Waals surface area contributed by atoms with Gasteiger partial charge in [-0.05, 0) is 55.5 Å². The van der Waals surface area contributed by atoms with Gasteiger partial charge in [-0.3, -0.25) is 9.55 Å². The standard InChI is InChI=1S/C31H27N3OSi/c1-21-18-22(20-23(19-21)36(2,3)30-14-8-9-17-32-30)26-16-15-25-24-10-4-5-11-27(24)34(31(25)33-26)28-12-6-7-13-29(28)35/h4-20,35H,1-3H3. The van der Waals surface area contributed by atoms with Crippen LogP contribution in [0.25, 0.3) is 38.9 Å². The van der Waals surface area contributed by atoms with E-state index in [1.54, 1.807) is 6.07 Å². The van der Waals surface area contributed by atoms with E-state index in [1.807, 2.05) is 42.6 Å². The molecule has 6 rings (SSSR count). The van der Waals surface area contributed by atoms with Crippen LogP contribution in [-0.4, -0.2) is 27.7 Å². The second-order valence-electron chi connectivity index (χ2n) is 9.84. The molecule has 0 saturated carbocycles. The molecule has 0 unspecified atom stereocenters. The van der Waals surface area contributed by atoms with Gasteiger partial charge in [-0.25, -0.2) is 4.98 Å². The summed E-state index contributed by atoms with van der Waals surface area (Å²) < 4.78 is 2.06. The van der Waals surface area contributed by atoms with Crippen molar-refractivity contribution in [1.82, 2.24) is 14.5 Å². The Labute approximate surface area is 211 Å². The zero-order valence-electron chi connectivity index (χ0n) is 20.6. The third-order valence-corrected chi connectivity index (χ3v) is 10.4. The van der Waals surface area contributed by atoms with Crippen LogP contribution in [-0.2, 0) is 0 Å².